The van der Waals surface area contributed by atoms with Crippen molar-refractivity contribution in [3.05, 3.63) is 71.5 Å². The first-order chi connectivity index (χ1) is 14.7. The molecule has 2 N–H and O–H groups in total. The number of benzene rings is 2. The number of nitrogens with one attached hydrogen (secondary N) is 2. The van der Waals surface area contributed by atoms with Crippen LogP contribution < -0.4 is 10.0 Å². The second kappa shape index (κ2) is 9.97. The zero-order chi connectivity index (χ0) is 22.4. The zero-order valence-electron chi connectivity index (χ0n) is 17.6. The van der Waals surface area contributed by atoms with Crippen molar-refractivity contribution in [1.29, 1.82) is 0 Å². The lowest BCUT2D eigenvalue weighted by Crippen LogP contribution is -2.28. The van der Waals surface area contributed by atoms with E-state index in [1.807, 2.05) is 54.8 Å². The standard InChI is InChI=1S/C21H25N5O3S2/c1-15(18-10-7-11-19(12-18)25-31(3,28)29)22-20(27)14-30-21-24-23-16(2)26(21)13-17-8-5-4-6-9-17/h4-12,15,25H,13-14H2,1-3H3,(H,22,27). The molecule has 0 saturated heterocycles. The molecule has 0 saturated carbocycles. The average molecular weight is 460 g/mol. The van der Waals surface area contributed by atoms with Gasteiger partial charge in [0.05, 0.1) is 24.6 Å². The number of nitrogens with zero attached hydrogens (tertiary/aromatic N) is 3. The Balaban J connectivity index is 1.59. The minimum atomic E-state index is -3.36. The normalized spacial score (nSPS) is 12.4. The lowest BCUT2D eigenvalue weighted by molar-refractivity contribution is -0.119. The molecule has 1 atom stereocenters. The smallest absolute Gasteiger partial charge is 0.230 e. The van der Waals surface area contributed by atoms with Crippen LogP contribution >= 0.6 is 11.8 Å². The highest BCUT2D eigenvalue weighted by Gasteiger charge is 2.15. The van der Waals surface area contributed by atoms with Crippen LogP contribution in [0.15, 0.2) is 59.8 Å². The number of hydrogen-bond donors (Lipinski definition) is 2. The Hall–Kier alpha value is -2.85. The molecule has 31 heavy (non-hydrogen) atoms. The van der Waals surface area contributed by atoms with Crippen LogP contribution in [0.3, 0.4) is 0 Å². The molecule has 0 aliphatic rings. The molecule has 0 aliphatic carbocycles. The fourth-order valence-corrected chi connectivity index (χ4v) is 4.35. The number of sulfonamides is 1. The van der Waals surface area contributed by atoms with E-state index in [0.717, 1.165) is 23.2 Å². The van der Waals surface area contributed by atoms with Crippen molar-refractivity contribution >= 4 is 33.4 Å². The summed E-state index contributed by atoms with van der Waals surface area (Å²) in [5.41, 5.74) is 2.39. The number of carbonyl (C=O) groups excluding carboxylic acids is 1. The van der Waals surface area contributed by atoms with Crippen LogP contribution in [0.25, 0.3) is 0 Å². The molecule has 0 spiro atoms. The second-order valence-electron chi connectivity index (χ2n) is 7.18. The lowest BCUT2D eigenvalue weighted by Gasteiger charge is -2.15. The van der Waals surface area contributed by atoms with Crippen molar-refractivity contribution in [3.63, 3.8) is 0 Å². The Bertz CT molecular complexity index is 1150. The van der Waals surface area contributed by atoms with Gasteiger partial charge >= 0.3 is 0 Å². The highest BCUT2D eigenvalue weighted by Crippen LogP contribution is 2.21. The number of thioether (sulfide) groups is 1. The SMILES string of the molecule is Cc1nnc(SCC(=O)NC(C)c2cccc(NS(C)(=O)=O)c2)n1Cc1ccccc1. The predicted molar refractivity (Wildman–Crippen MR) is 122 cm³/mol. The molecule has 0 radical (unpaired) electrons. The van der Waals surface area contributed by atoms with Crippen LogP contribution in [0.1, 0.15) is 29.9 Å². The van der Waals surface area contributed by atoms with E-state index in [4.69, 9.17) is 0 Å². The van der Waals surface area contributed by atoms with E-state index in [1.165, 1.54) is 11.8 Å². The Kier molecular flexibility index (Phi) is 7.34. The number of rotatable bonds is 9. The Morgan fingerprint density at radius 3 is 2.58 bits per heavy atom. The van der Waals surface area contributed by atoms with Gasteiger partial charge in [0.1, 0.15) is 5.82 Å². The van der Waals surface area contributed by atoms with Gasteiger partial charge in [-0.2, -0.15) is 0 Å². The molecule has 10 heteroatoms. The van der Waals surface area contributed by atoms with Gasteiger partial charge in [-0.25, -0.2) is 8.42 Å². The van der Waals surface area contributed by atoms with Crippen molar-refractivity contribution in [3.8, 4) is 0 Å². The maximum Gasteiger partial charge on any atom is 0.230 e. The topological polar surface area (TPSA) is 106 Å². The van der Waals surface area contributed by atoms with E-state index in [1.54, 1.807) is 18.2 Å². The average Bonchev–Trinajstić information content (AvgIpc) is 3.05. The van der Waals surface area contributed by atoms with E-state index in [0.29, 0.717) is 17.4 Å². The molecule has 0 bridgehead atoms. The number of aromatic nitrogens is 3. The summed E-state index contributed by atoms with van der Waals surface area (Å²) in [6, 6.07) is 16.7. The van der Waals surface area contributed by atoms with E-state index < -0.39 is 10.0 Å². The fraction of sp³-hybridized carbons (Fsp3) is 0.286. The minimum Gasteiger partial charge on any atom is -0.349 e. The molecular formula is C21H25N5O3S2. The summed E-state index contributed by atoms with van der Waals surface area (Å²) >= 11 is 1.33. The summed E-state index contributed by atoms with van der Waals surface area (Å²) in [7, 11) is -3.36. The summed E-state index contributed by atoms with van der Waals surface area (Å²) in [6.45, 7) is 4.38. The molecular weight excluding hydrogens is 434 g/mol. The molecule has 1 unspecified atom stereocenters. The van der Waals surface area contributed by atoms with E-state index in [-0.39, 0.29) is 17.7 Å². The summed E-state index contributed by atoms with van der Waals surface area (Å²) in [4.78, 5) is 12.5. The van der Waals surface area contributed by atoms with Gasteiger partial charge in [-0.1, -0.05) is 54.2 Å². The van der Waals surface area contributed by atoms with Gasteiger partial charge in [0.15, 0.2) is 5.16 Å². The molecule has 2 aromatic carbocycles. The number of hydrogen-bond acceptors (Lipinski definition) is 6. The van der Waals surface area contributed by atoms with E-state index >= 15 is 0 Å². The van der Waals surface area contributed by atoms with E-state index in [2.05, 4.69) is 20.2 Å². The Morgan fingerprint density at radius 1 is 1.13 bits per heavy atom. The van der Waals surface area contributed by atoms with Crippen LogP contribution in [0.4, 0.5) is 5.69 Å². The molecule has 164 valence electrons. The Morgan fingerprint density at radius 2 is 1.87 bits per heavy atom. The quantitative estimate of drug-likeness (QED) is 0.477. The van der Waals surface area contributed by atoms with Crippen LogP contribution in [-0.2, 0) is 21.4 Å². The van der Waals surface area contributed by atoms with Gasteiger partial charge < -0.3 is 9.88 Å². The van der Waals surface area contributed by atoms with Crippen LogP contribution in [-0.4, -0.2) is 41.1 Å². The van der Waals surface area contributed by atoms with Gasteiger partial charge in [0, 0.05) is 5.69 Å². The minimum absolute atomic E-state index is 0.147. The van der Waals surface area contributed by atoms with Crippen molar-refractivity contribution in [2.24, 2.45) is 0 Å². The molecule has 1 aromatic heterocycles. The number of carbonyl (C=O) groups is 1. The second-order valence-corrected chi connectivity index (χ2v) is 9.87. The number of aryl methyl sites for hydroxylation is 1. The van der Waals surface area contributed by atoms with Crippen molar-refractivity contribution in [2.75, 3.05) is 16.7 Å². The van der Waals surface area contributed by atoms with Gasteiger partial charge in [0.25, 0.3) is 0 Å². The van der Waals surface area contributed by atoms with Gasteiger partial charge in [-0.15, -0.1) is 10.2 Å². The summed E-state index contributed by atoms with van der Waals surface area (Å²) in [6.07, 6.45) is 1.10. The van der Waals surface area contributed by atoms with Crippen LogP contribution in [0.2, 0.25) is 0 Å². The van der Waals surface area contributed by atoms with Crippen molar-refractivity contribution < 1.29 is 13.2 Å². The third-order valence-corrected chi connectivity index (χ3v) is 6.06. The molecule has 1 amide bonds. The first-order valence-corrected chi connectivity index (χ1v) is 12.5. The third-order valence-electron chi connectivity index (χ3n) is 4.49. The molecule has 0 fully saturated rings. The Labute approximate surface area is 186 Å². The number of anilines is 1. The molecule has 3 rings (SSSR count). The predicted octanol–water partition coefficient (Wildman–Crippen LogP) is 2.98. The van der Waals surface area contributed by atoms with Crippen LogP contribution in [0, 0.1) is 6.92 Å². The van der Waals surface area contributed by atoms with Gasteiger partial charge in [0.2, 0.25) is 15.9 Å². The first-order valence-electron chi connectivity index (χ1n) is 9.65. The maximum atomic E-state index is 12.5. The summed E-state index contributed by atoms with van der Waals surface area (Å²) in [5.74, 6) is 0.833. The van der Waals surface area contributed by atoms with Crippen LogP contribution in [0.5, 0.6) is 0 Å². The zero-order valence-corrected chi connectivity index (χ0v) is 19.2. The van der Waals surface area contributed by atoms with Gasteiger partial charge in [-0.3, -0.25) is 9.52 Å². The fourth-order valence-electron chi connectivity index (χ4n) is 3.00. The lowest BCUT2D eigenvalue weighted by atomic mass is 10.1. The molecule has 0 aliphatic heterocycles. The maximum absolute atomic E-state index is 12.5. The first kappa shape index (κ1) is 22.8. The summed E-state index contributed by atoms with van der Waals surface area (Å²) < 4.78 is 27.3. The monoisotopic (exact) mass is 459 g/mol. The molecule has 3 aromatic rings. The summed E-state index contributed by atoms with van der Waals surface area (Å²) in [5, 5.41) is 12.0. The van der Waals surface area contributed by atoms with Crippen molar-refractivity contribution in [2.45, 2.75) is 31.6 Å². The van der Waals surface area contributed by atoms with E-state index in [9.17, 15) is 13.2 Å². The highest BCUT2D eigenvalue weighted by molar-refractivity contribution is 7.99. The van der Waals surface area contributed by atoms with Crippen molar-refractivity contribution in [1.82, 2.24) is 20.1 Å². The largest absolute Gasteiger partial charge is 0.349 e. The molecule has 1 heterocycles. The number of amides is 1. The van der Waals surface area contributed by atoms with Gasteiger partial charge in [-0.05, 0) is 37.1 Å². The molecule has 8 nitrogen and oxygen atoms in total. The highest BCUT2D eigenvalue weighted by atomic mass is 32.2. The third kappa shape index (κ3) is 6.83.